The number of hydrogen-bond donors (Lipinski definition) is 2. The zero-order valence-corrected chi connectivity index (χ0v) is 13.7. The molecular weight excluding hydrogens is 284 g/mol. The van der Waals surface area contributed by atoms with Gasteiger partial charge in [-0.05, 0) is 56.3 Å². The normalized spacial score (nSPS) is 17.4. The Morgan fingerprint density at radius 3 is 2.71 bits per heavy atom. The summed E-state index contributed by atoms with van der Waals surface area (Å²) in [6, 6.07) is 7.39. The summed E-state index contributed by atoms with van der Waals surface area (Å²) in [5.74, 6) is 0.521. The smallest absolute Gasteiger partial charge is 0.240 e. The van der Waals surface area contributed by atoms with E-state index in [1.165, 1.54) is 6.42 Å². The second-order valence-electron chi connectivity index (χ2n) is 5.90. The van der Waals surface area contributed by atoms with Gasteiger partial charge in [0.05, 0.1) is 4.90 Å². The molecule has 118 valence electrons. The van der Waals surface area contributed by atoms with Crippen molar-refractivity contribution in [3.63, 3.8) is 0 Å². The largest absolute Gasteiger partial charge is 0.310 e. The van der Waals surface area contributed by atoms with Gasteiger partial charge in [0.15, 0.2) is 0 Å². The molecule has 0 amide bonds. The topological polar surface area (TPSA) is 58.2 Å². The predicted octanol–water partition coefficient (Wildman–Crippen LogP) is 2.83. The summed E-state index contributed by atoms with van der Waals surface area (Å²) in [4.78, 5) is 0.365. The maximum Gasteiger partial charge on any atom is 0.240 e. The van der Waals surface area contributed by atoms with Gasteiger partial charge in [-0.2, -0.15) is 0 Å². The van der Waals surface area contributed by atoms with Crippen molar-refractivity contribution in [1.82, 2.24) is 10.0 Å². The van der Waals surface area contributed by atoms with E-state index >= 15 is 0 Å². The third kappa shape index (κ3) is 4.53. The lowest BCUT2D eigenvalue weighted by Gasteiger charge is -2.25. The molecule has 4 nitrogen and oxygen atoms in total. The Kier molecular flexibility index (Phi) is 5.79. The van der Waals surface area contributed by atoms with Crippen LogP contribution in [0.4, 0.5) is 0 Å². The highest BCUT2D eigenvalue weighted by molar-refractivity contribution is 7.89. The van der Waals surface area contributed by atoms with Gasteiger partial charge >= 0.3 is 0 Å². The maximum atomic E-state index is 12.3. The van der Waals surface area contributed by atoms with Crippen LogP contribution in [0.25, 0.3) is 0 Å². The standard InChI is InChI=1S/C16H26N2O2S/c1-3-10-17-13(2)15-8-5-9-16(11-15)21(19,20)18-12-14-6-4-7-14/h5,8-9,11,13-14,17-18H,3-4,6-7,10,12H2,1-2H3. The van der Waals surface area contributed by atoms with E-state index < -0.39 is 10.0 Å². The molecule has 2 N–H and O–H groups in total. The average molecular weight is 310 g/mol. The van der Waals surface area contributed by atoms with Gasteiger partial charge in [0.1, 0.15) is 0 Å². The van der Waals surface area contributed by atoms with Crippen LogP contribution in [-0.4, -0.2) is 21.5 Å². The van der Waals surface area contributed by atoms with Crippen molar-refractivity contribution in [2.45, 2.75) is 50.5 Å². The fourth-order valence-electron chi connectivity index (χ4n) is 2.44. The Labute approximate surface area is 128 Å². The predicted molar refractivity (Wildman–Crippen MR) is 85.7 cm³/mol. The SMILES string of the molecule is CCCNC(C)c1cccc(S(=O)(=O)NCC2CCC2)c1. The van der Waals surface area contributed by atoms with Gasteiger partial charge in [0.2, 0.25) is 10.0 Å². The summed E-state index contributed by atoms with van der Waals surface area (Å²) in [6.45, 7) is 5.67. The number of rotatable bonds is 8. The Morgan fingerprint density at radius 2 is 2.10 bits per heavy atom. The summed E-state index contributed by atoms with van der Waals surface area (Å²) in [5, 5.41) is 3.38. The molecular formula is C16H26N2O2S. The molecule has 1 aromatic carbocycles. The zero-order valence-electron chi connectivity index (χ0n) is 12.9. The quantitative estimate of drug-likeness (QED) is 0.776. The second kappa shape index (κ2) is 7.38. The van der Waals surface area contributed by atoms with Crippen LogP contribution in [0.2, 0.25) is 0 Å². The van der Waals surface area contributed by atoms with E-state index in [0.29, 0.717) is 17.4 Å². The highest BCUT2D eigenvalue weighted by Gasteiger charge is 2.21. The Hall–Kier alpha value is -0.910. The average Bonchev–Trinajstić information content (AvgIpc) is 2.43. The van der Waals surface area contributed by atoms with E-state index in [2.05, 4.69) is 23.9 Å². The molecule has 0 saturated heterocycles. The van der Waals surface area contributed by atoms with E-state index in [4.69, 9.17) is 0 Å². The summed E-state index contributed by atoms with van der Waals surface area (Å²) < 4.78 is 27.4. The van der Waals surface area contributed by atoms with Crippen LogP contribution in [0.1, 0.15) is 51.1 Å². The molecule has 1 fully saturated rings. The first-order chi connectivity index (χ1) is 10.0. The molecule has 1 saturated carbocycles. The van der Waals surface area contributed by atoms with Crippen molar-refractivity contribution < 1.29 is 8.42 Å². The zero-order chi connectivity index (χ0) is 15.3. The van der Waals surface area contributed by atoms with Crippen LogP contribution < -0.4 is 10.0 Å². The number of sulfonamides is 1. The van der Waals surface area contributed by atoms with E-state index in [1.54, 1.807) is 12.1 Å². The third-order valence-corrected chi connectivity index (χ3v) is 5.58. The van der Waals surface area contributed by atoms with Crippen molar-refractivity contribution >= 4 is 10.0 Å². The minimum Gasteiger partial charge on any atom is -0.310 e. The van der Waals surface area contributed by atoms with E-state index in [1.807, 2.05) is 12.1 Å². The Bertz CT molecular complexity index is 553. The molecule has 1 aliphatic carbocycles. The first kappa shape index (κ1) is 16.5. The summed E-state index contributed by atoms with van der Waals surface area (Å²) in [5.41, 5.74) is 1.01. The van der Waals surface area contributed by atoms with Gasteiger partial charge in [-0.1, -0.05) is 25.5 Å². The molecule has 0 heterocycles. The van der Waals surface area contributed by atoms with Crippen LogP contribution in [0.15, 0.2) is 29.2 Å². The number of nitrogens with one attached hydrogen (secondary N) is 2. The molecule has 21 heavy (non-hydrogen) atoms. The molecule has 2 rings (SSSR count). The maximum absolute atomic E-state index is 12.3. The summed E-state index contributed by atoms with van der Waals surface area (Å²) in [7, 11) is -3.39. The fraction of sp³-hybridized carbons (Fsp3) is 0.625. The Morgan fingerprint density at radius 1 is 1.33 bits per heavy atom. The van der Waals surface area contributed by atoms with E-state index in [0.717, 1.165) is 31.4 Å². The monoisotopic (exact) mass is 310 g/mol. The minimum atomic E-state index is -3.39. The first-order valence-electron chi connectivity index (χ1n) is 7.86. The van der Waals surface area contributed by atoms with Crippen molar-refractivity contribution in [2.24, 2.45) is 5.92 Å². The second-order valence-corrected chi connectivity index (χ2v) is 7.66. The van der Waals surface area contributed by atoms with Gasteiger partial charge in [0, 0.05) is 12.6 Å². The fourth-order valence-corrected chi connectivity index (χ4v) is 3.61. The molecule has 5 heteroatoms. The number of benzene rings is 1. The van der Waals surface area contributed by atoms with Gasteiger partial charge < -0.3 is 5.32 Å². The van der Waals surface area contributed by atoms with Crippen LogP contribution in [-0.2, 0) is 10.0 Å². The van der Waals surface area contributed by atoms with Crippen LogP contribution >= 0.6 is 0 Å². The molecule has 1 atom stereocenters. The van der Waals surface area contributed by atoms with Crippen LogP contribution in [0.3, 0.4) is 0 Å². The lowest BCUT2D eigenvalue weighted by atomic mass is 9.86. The number of hydrogen-bond acceptors (Lipinski definition) is 3. The highest BCUT2D eigenvalue weighted by atomic mass is 32.2. The minimum absolute atomic E-state index is 0.159. The first-order valence-corrected chi connectivity index (χ1v) is 9.34. The lowest BCUT2D eigenvalue weighted by molar-refractivity contribution is 0.316. The molecule has 0 aliphatic heterocycles. The van der Waals surface area contributed by atoms with Crippen molar-refractivity contribution in [2.75, 3.05) is 13.1 Å². The van der Waals surface area contributed by atoms with Crippen molar-refractivity contribution in [1.29, 1.82) is 0 Å². The van der Waals surface area contributed by atoms with E-state index in [9.17, 15) is 8.42 Å². The van der Waals surface area contributed by atoms with Crippen LogP contribution in [0, 0.1) is 5.92 Å². The Balaban J connectivity index is 2.04. The molecule has 0 radical (unpaired) electrons. The summed E-state index contributed by atoms with van der Waals surface area (Å²) >= 11 is 0. The molecule has 1 unspecified atom stereocenters. The summed E-state index contributed by atoms with van der Waals surface area (Å²) in [6.07, 6.45) is 4.56. The molecule has 0 aromatic heterocycles. The highest BCUT2D eigenvalue weighted by Crippen LogP contribution is 2.26. The third-order valence-electron chi connectivity index (χ3n) is 4.16. The van der Waals surface area contributed by atoms with Gasteiger partial charge in [0.25, 0.3) is 0 Å². The molecule has 1 aromatic rings. The van der Waals surface area contributed by atoms with Crippen molar-refractivity contribution in [3.05, 3.63) is 29.8 Å². The van der Waals surface area contributed by atoms with Gasteiger partial charge in [-0.3, -0.25) is 0 Å². The van der Waals surface area contributed by atoms with Gasteiger partial charge in [-0.15, -0.1) is 0 Å². The van der Waals surface area contributed by atoms with Crippen LogP contribution in [0.5, 0.6) is 0 Å². The van der Waals surface area contributed by atoms with Crippen molar-refractivity contribution in [3.8, 4) is 0 Å². The van der Waals surface area contributed by atoms with Gasteiger partial charge in [-0.25, -0.2) is 13.1 Å². The molecule has 0 spiro atoms. The lowest BCUT2D eigenvalue weighted by Crippen LogP contribution is -2.32. The molecule has 0 bridgehead atoms. The molecule has 1 aliphatic rings. The van der Waals surface area contributed by atoms with E-state index in [-0.39, 0.29) is 6.04 Å².